The maximum absolute atomic E-state index is 10.9. The van der Waals surface area contributed by atoms with Crippen LogP contribution in [0.1, 0.15) is 39.5 Å². The smallest absolute Gasteiger partial charge is 0.309 e. The van der Waals surface area contributed by atoms with Gasteiger partial charge in [0.05, 0.1) is 5.41 Å². The lowest BCUT2D eigenvalue weighted by Gasteiger charge is -2.33. The van der Waals surface area contributed by atoms with Gasteiger partial charge in [-0.2, -0.15) is 0 Å². The van der Waals surface area contributed by atoms with Gasteiger partial charge >= 0.3 is 5.97 Å². The van der Waals surface area contributed by atoms with E-state index >= 15 is 0 Å². The van der Waals surface area contributed by atoms with E-state index in [1.165, 1.54) is 6.92 Å². The van der Waals surface area contributed by atoms with Crippen molar-refractivity contribution in [2.45, 2.75) is 45.6 Å². The third kappa shape index (κ3) is 2.47. The lowest BCUT2D eigenvalue weighted by atomic mass is 9.74. The fraction of sp³-hybridized carbons (Fsp3) is 0.800. The molecule has 1 rings (SSSR count). The first kappa shape index (κ1) is 11.0. The minimum atomic E-state index is -0.723. The predicted octanol–water partition coefficient (Wildman–Crippen LogP) is 1.16. The number of nitrogens with one attached hydrogen (secondary N) is 1. The topological polar surface area (TPSA) is 66.4 Å². The highest BCUT2D eigenvalue weighted by Crippen LogP contribution is 2.35. The van der Waals surface area contributed by atoms with Crippen molar-refractivity contribution in [3.8, 4) is 0 Å². The van der Waals surface area contributed by atoms with Crippen LogP contribution >= 0.6 is 0 Å². The molecule has 14 heavy (non-hydrogen) atoms. The molecule has 0 atom stereocenters. The van der Waals surface area contributed by atoms with E-state index in [2.05, 4.69) is 5.32 Å². The van der Waals surface area contributed by atoms with Gasteiger partial charge in [-0.1, -0.05) is 0 Å². The zero-order valence-electron chi connectivity index (χ0n) is 8.67. The number of carbonyl (C=O) groups is 2. The van der Waals surface area contributed by atoms with Gasteiger partial charge in [0, 0.05) is 13.0 Å². The first-order valence-corrected chi connectivity index (χ1v) is 4.94. The molecule has 0 spiro atoms. The lowest BCUT2D eigenvalue weighted by molar-refractivity contribution is -0.150. The largest absolute Gasteiger partial charge is 0.481 e. The average Bonchev–Trinajstić information content (AvgIpc) is 2.08. The fourth-order valence-electron chi connectivity index (χ4n) is 1.90. The monoisotopic (exact) mass is 199 g/mol. The van der Waals surface area contributed by atoms with Gasteiger partial charge in [0.25, 0.3) is 0 Å². The molecule has 0 heterocycles. The van der Waals surface area contributed by atoms with Gasteiger partial charge in [0.15, 0.2) is 0 Å². The maximum Gasteiger partial charge on any atom is 0.309 e. The van der Waals surface area contributed by atoms with Crippen LogP contribution in [0.2, 0.25) is 0 Å². The van der Waals surface area contributed by atoms with Crippen LogP contribution in [0.25, 0.3) is 0 Å². The van der Waals surface area contributed by atoms with Crippen LogP contribution in [0, 0.1) is 5.41 Å². The SMILES string of the molecule is CC(=O)N[C@H]1CC[C@](C)(C(=O)O)CC1. The van der Waals surface area contributed by atoms with Gasteiger partial charge in [-0.15, -0.1) is 0 Å². The molecule has 2 N–H and O–H groups in total. The Hall–Kier alpha value is -1.06. The third-order valence-electron chi connectivity index (χ3n) is 3.01. The normalized spacial score (nSPS) is 32.3. The highest BCUT2D eigenvalue weighted by atomic mass is 16.4. The van der Waals surface area contributed by atoms with E-state index in [4.69, 9.17) is 5.11 Å². The standard InChI is InChI=1S/C10H17NO3/c1-7(12)11-8-3-5-10(2,6-4-8)9(13)14/h8H,3-6H2,1-2H3,(H,11,12)(H,13,14)/t8-,10-. The quantitative estimate of drug-likeness (QED) is 0.701. The first-order valence-electron chi connectivity index (χ1n) is 4.94. The first-order chi connectivity index (χ1) is 6.44. The van der Waals surface area contributed by atoms with Crippen LogP contribution in [0.3, 0.4) is 0 Å². The summed E-state index contributed by atoms with van der Waals surface area (Å²) in [4.78, 5) is 21.7. The molecule has 1 aliphatic carbocycles. The summed E-state index contributed by atoms with van der Waals surface area (Å²) in [5.41, 5.74) is -0.588. The summed E-state index contributed by atoms with van der Waals surface area (Å²) in [6.07, 6.45) is 2.82. The van der Waals surface area contributed by atoms with E-state index in [-0.39, 0.29) is 11.9 Å². The summed E-state index contributed by atoms with van der Waals surface area (Å²) in [5.74, 6) is -0.757. The summed E-state index contributed by atoms with van der Waals surface area (Å²) in [5, 5.41) is 11.8. The van der Waals surface area contributed by atoms with E-state index in [9.17, 15) is 9.59 Å². The molecule has 0 saturated heterocycles. The number of hydrogen-bond donors (Lipinski definition) is 2. The van der Waals surface area contributed by atoms with Gasteiger partial charge in [-0.25, -0.2) is 0 Å². The van der Waals surface area contributed by atoms with Crippen LogP contribution in [0.5, 0.6) is 0 Å². The molecule has 1 saturated carbocycles. The molecule has 0 radical (unpaired) electrons. The fourth-order valence-corrected chi connectivity index (χ4v) is 1.90. The second kappa shape index (κ2) is 3.98. The number of hydrogen-bond acceptors (Lipinski definition) is 2. The van der Waals surface area contributed by atoms with E-state index in [1.54, 1.807) is 6.92 Å². The highest BCUT2D eigenvalue weighted by Gasteiger charge is 2.37. The number of carboxylic acids is 1. The van der Waals surface area contributed by atoms with Gasteiger partial charge in [0.1, 0.15) is 0 Å². The van der Waals surface area contributed by atoms with Gasteiger partial charge < -0.3 is 10.4 Å². The predicted molar refractivity (Wildman–Crippen MR) is 51.8 cm³/mol. The summed E-state index contributed by atoms with van der Waals surface area (Å²) >= 11 is 0. The van der Waals surface area contributed by atoms with Crippen LogP contribution in [-0.2, 0) is 9.59 Å². The van der Waals surface area contributed by atoms with Crippen LogP contribution in [-0.4, -0.2) is 23.0 Å². The van der Waals surface area contributed by atoms with Crippen molar-refractivity contribution in [2.24, 2.45) is 5.41 Å². The van der Waals surface area contributed by atoms with Gasteiger partial charge in [0.2, 0.25) is 5.91 Å². The minimum Gasteiger partial charge on any atom is -0.481 e. The van der Waals surface area contributed by atoms with Gasteiger partial charge in [-0.3, -0.25) is 9.59 Å². The van der Waals surface area contributed by atoms with E-state index in [0.717, 1.165) is 12.8 Å². The number of carboxylic acid groups (broad SMARTS) is 1. The minimum absolute atomic E-state index is 0.0334. The van der Waals surface area contributed by atoms with Crippen molar-refractivity contribution in [3.05, 3.63) is 0 Å². The number of carbonyl (C=O) groups excluding carboxylic acids is 1. The van der Waals surface area contributed by atoms with Gasteiger partial charge in [-0.05, 0) is 32.6 Å². The second-order valence-corrected chi connectivity index (χ2v) is 4.34. The molecule has 0 aromatic rings. The molecule has 0 aromatic carbocycles. The Labute approximate surface area is 83.7 Å². The zero-order valence-corrected chi connectivity index (χ0v) is 8.67. The van der Waals surface area contributed by atoms with Crippen molar-refractivity contribution in [1.29, 1.82) is 0 Å². The Bertz CT molecular complexity index is 242. The van der Waals surface area contributed by atoms with E-state index in [0.29, 0.717) is 12.8 Å². The molecule has 0 bridgehead atoms. The number of amides is 1. The molecule has 1 aliphatic rings. The molecule has 4 heteroatoms. The molecule has 80 valence electrons. The summed E-state index contributed by atoms with van der Waals surface area (Å²) < 4.78 is 0. The second-order valence-electron chi connectivity index (χ2n) is 4.34. The van der Waals surface area contributed by atoms with Crippen LogP contribution < -0.4 is 5.32 Å². The van der Waals surface area contributed by atoms with Crippen molar-refractivity contribution in [3.63, 3.8) is 0 Å². The Morgan fingerprint density at radius 3 is 2.21 bits per heavy atom. The Balaban J connectivity index is 2.45. The maximum atomic E-state index is 10.9. The Kier molecular flexibility index (Phi) is 3.13. The average molecular weight is 199 g/mol. The summed E-state index contributed by atoms with van der Waals surface area (Å²) in [7, 11) is 0. The van der Waals surface area contributed by atoms with Crippen molar-refractivity contribution < 1.29 is 14.7 Å². The van der Waals surface area contributed by atoms with Crippen molar-refractivity contribution >= 4 is 11.9 Å². The highest BCUT2D eigenvalue weighted by molar-refractivity contribution is 5.75. The molecule has 0 aliphatic heterocycles. The molecule has 1 amide bonds. The molecular weight excluding hydrogens is 182 g/mol. The van der Waals surface area contributed by atoms with Crippen molar-refractivity contribution in [1.82, 2.24) is 5.32 Å². The molecule has 0 aromatic heterocycles. The molecule has 4 nitrogen and oxygen atoms in total. The third-order valence-corrected chi connectivity index (χ3v) is 3.01. The molecule has 1 fully saturated rings. The number of rotatable bonds is 2. The molecular formula is C10H17NO3. The number of aliphatic carboxylic acids is 1. The summed E-state index contributed by atoms with van der Waals surface area (Å²) in [6.45, 7) is 3.27. The van der Waals surface area contributed by atoms with E-state index in [1.807, 2.05) is 0 Å². The van der Waals surface area contributed by atoms with E-state index < -0.39 is 11.4 Å². The summed E-state index contributed by atoms with van der Waals surface area (Å²) in [6, 6.07) is 0.167. The Morgan fingerprint density at radius 1 is 1.36 bits per heavy atom. The lowest BCUT2D eigenvalue weighted by Crippen LogP contribution is -2.41. The molecule has 0 unspecified atom stereocenters. The van der Waals surface area contributed by atoms with Crippen LogP contribution in [0.4, 0.5) is 0 Å². The Morgan fingerprint density at radius 2 is 1.86 bits per heavy atom. The van der Waals surface area contributed by atoms with Crippen molar-refractivity contribution in [2.75, 3.05) is 0 Å². The zero-order chi connectivity index (χ0) is 10.8. The van der Waals surface area contributed by atoms with Crippen LogP contribution in [0.15, 0.2) is 0 Å².